The van der Waals surface area contributed by atoms with Crippen LogP contribution in [0.1, 0.15) is 72.8 Å². The number of benzene rings is 3. The standard InChI is InChI=1S/C33H35FN2O5.2CH4.Ca.H2O.2H/c1-21(2)31-30(33(41)35-25-11-7-4-8-12-25)29(22-9-5-3-6-10-22)32(23-13-15-24(34)16-14-23)36(31)18-17-26(37)19-27(38)20-28(39)40;;;;;;/h3-16,21,26-27,37-38H,17-20H2,1-2H3,(H,35,41)(H,39,40);2*1H4;;1H2;;/q;;;+2;;2*-1/t26-,27-;;;;;;/m1....../s1. The van der Waals surface area contributed by atoms with Crippen molar-refractivity contribution in [2.75, 3.05) is 5.32 Å². The molecule has 0 aliphatic carbocycles. The number of aliphatic carboxylic acids is 1. The summed E-state index contributed by atoms with van der Waals surface area (Å²) in [5.41, 5.74) is 4.77. The van der Waals surface area contributed by atoms with Crippen molar-refractivity contribution in [3.05, 3.63) is 102 Å². The third kappa shape index (κ3) is 10.8. The minimum Gasteiger partial charge on any atom is -1.00 e. The maximum atomic E-state index is 14.0. The zero-order valence-electron chi connectivity index (χ0n) is 26.3. The average Bonchev–Trinajstić information content (AvgIpc) is 3.28. The number of para-hydroxylation sites is 1. The van der Waals surface area contributed by atoms with Gasteiger partial charge in [0, 0.05) is 23.5 Å². The molecule has 0 spiro atoms. The summed E-state index contributed by atoms with van der Waals surface area (Å²) in [4.78, 5) is 25.0. The van der Waals surface area contributed by atoms with Crippen LogP contribution in [0.5, 0.6) is 0 Å². The molecule has 45 heavy (non-hydrogen) atoms. The number of carboxylic acids is 1. The molecule has 0 saturated carbocycles. The van der Waals surface area contributed by atoms with Gasteiger partial charge in [-0.1, -0.05) is 77.2 Å². The largest absolute Gasteiger partial charge is 2.00 e. The predicted octanol–water partition coefficient (Wildman–Crippen LogP) is 6.61. The molecule has 0 aliphatic heterocycles. The molecule has 0 fully saturated rings. The van der Waals surface area contributed by atoms with Crippen LogP contribution in [0.3, 0.4) is 0 Å². The Hall–Kier alpha value is -3.05. The smallest absolute Gasteiger partial charge is 1.00 e. The molecule has 4 aromatic rings. The van der Waals surface area contributed by atoms with Crippen molar-refractivity contribution < 1.29 is 37.6 Å². The van der Waals surface area contributed by atoms with Crippen LogP contribution in [0.4, 0.5) is 10.1 Å². The average molecular weight is 651 g/mol. The summed E-state index contributed by atoms with van der Waals surface area (Å²) < 4.78 is 16.0. The van der Waals surface area contributed by atoms with E-state index in [0.717, 1.165) is 11.3 Å². The molecule has 1 heterocycles. The molecule has 0 saturated heterocycles. The second-order valence-corrected chi connectivity index (χ2v) is 10.4. The van der Waals surface area contributed by atoms with Crippen LogP contribution in [0.2, 0.25) is 0 Å². The number of aliphatic hydroxyl groups is 2. The van der Waals surface area contributed by atoms with Crippen molar-refractivity contribution in [3.8, 4) is 22.4 Å². The van der Waals surface area contributed by atoms with Gasteiger partial charge in [0.1, 0.15) is 5.82 Å². The second kappa shape index (κ2) is 19.5. The van der Waals surface area contributed by atoms with Crippen molar-refractivity contribution in [2.45, 2.75) is 72.6 Å². The molecule has 3 aromatic carbocycles. The number of carbonyl (C=O) groups is 2. The van der Waals surface area contributed by atoms with E-state index in [1.54, 1.807) is 12.1 Å². The summed E-state index contributed by atoms with van der Waals surface area (Å²) in [5.74, 6) is -1.93. The molecule has 0 unspecified atom stereocenters. The number of halogens is 1. The first kappa shape index (κ1) is 41.9. The van der Waals surface area contributed by atoms with Crippen LogP contribution >= 0.6 is 0 Å². The zero-order chi connectivity index (χ0) is 29.5. The molecule has 0 aliphatic rings. The van der Waals surface area contributed by atoms with Gasteiger partial charge in [0.05, 0.1) is 29.9 Å². The maximum Gasteiger partial charge on any atom is 2.00 e. The van der Waals surface area contributed by atoms with E-state index < -0.39 is 24.6 Å². The molecule has 4 rings (SSSR count). The number of carbonyl (C=O) groups excluding carboxylic acids is 1. The number of nitrogens with one attached hydrogen (secondary N) is 1. The van der Waals surface area contributed by atoms with Crippen LogP contribution < -0.4 is 5.32 Å². The third-order valence-electron chi connectivity index (χ3n) is 6.93. The van der Waals surface area contributed by atoms with E-state index in [0.29, 0.717) is 28.1 Å². The number of carboxylic acid groups (broad SMARTS) is 1. The van der Waals surface area contributed by atoms with Gasteiger partial charge < -0.3 is 33.5 Å². The van der Waals surface area contributed by atoms with Crippen LogP contribution in [-0.2, 0) is 11.3 Å². The first-order valence-corrected chi connectivity index (χ1v) is 13.7. The second-order valence-electron chi connectivity index (χ2n) is 10.4. The molecule has 242 valence electrons. The fourth-order valence-electron chi connectivity index (χ4n) is 5.20. The van der Waals surface area contributed by atoms with Gasteiger partial charge in [-0.3, -0.25) is 9.59 Å². The minimum atomic E-state index is -1.18. The molecule has 2 atom stereocenters. The zero-order valence-corrected chi connectivity index (χ0v) is 26.5. The maximum absolute atomic E-state index is 14.0. The number of hydrogen-bond acceptors (Lipinski definition) is 4. The van der Waals surface area contributed by atoms with Gasteiger partial charge in [0.15, 0.2) is 0 Å². The molecule has 0 bridgehead atoms. The van der Waals surface area contributed by atoms with Gasteiger partial charge >= 0.3 is 43.7 Å². The number of anilines is 1. The van der Waals surface area contributed by atoms with Crippen molar-refractivity contribution in [3.63, 3.8) is 0 Å². The van der Waals surface area contributed by atoms with Crippen LogP contribution in [0, 0.1) is 5.82 Å². The Bertz CT molecular complexity index is 1490. The van der Waals surface area contributed by atoms with E-state index in [1.165, 1.54) is 12.1 Å². The third-order valence-corrected chi connectivity index (χ3v) is 6.93. The van der Waals surface area contributed by atoms with E-state index in [-0.39, 0.29) is 97.9 Å². The number of aliphatic hydroxyl groups excluding tert-OH is 2. The number of amides is 1. The summed E-state index contributed by atoms with van der Waals surface area (Å²) in [6, 6.07) is 24.8. The number of aromatic nitrogens is 1. The molecular weight excluding hydrogens is 603 g/mol. The predicted molar refractivity (Wildman–Crippen MR) is 182 cm³/mol. The van der Waals surface area contributed by atoms with Crippen molar-refractivity contribution in [2.24, 2.45) is 0 Å². The molecule has 0 radical (unpaired) electrons. The Balaban J connectivity index is -0.00000323. The van der Waals surface area contributed by atoms with E-state index in [1.807, 2.05) is 79.1 Å². The van der Waals surface area contributed by atoms with Gasteiger partial charge in [-0.05, 0) is 66.3 Å². The Kier molecular flexibility index (Phi) is 18.1. The molecule has 8 nitrogen and oxygen atoms in total. The molecule has 6 N–H and O–H groups in total. The van der Waals surface area contributed by atoms with E-state index in [4.69, 9.17) is 5.11 Å². The first-order chi connectivity index (χ1) is 19.7. The van der Waals surface area contributed by atoms with Gasteiger partial charge in [-0.2, -0.15) is 0 Å². The summed E-state index contributed by atoms with van der Waals surface area (Å²) in [7, 11) is 0. The Morgan fingerprint density at radius 3 is 1.96 bits per heavy atom. The summed E-state index contributed by atoms with van der Waals surface area (Å²) in [6.45, 7) is 4.25. The minimum absolute atomic E-state index is 0. The van der Waals surface area contributed by atoms with E-state index in [9.17, 15) is 24.2 Å². The monoisotopic (exact) mass is 650 g/mol. The number of hydrogen-bond donors (Lipinski definition) is 4. The molecule has 1 aromatic heterocycles. The van der Waals surface area contributed by atoms with Crippen LogP contribution in [0.15, 0.2) is 84.9 Å². The summed E-state index contributed by atoms with van der Waals surface area (Å²) >= 11 is 0. The molecule has 10 heteroatoms. The summed E-state index contributed by atoms with van der Waals surface area (Å²) in [5, 5.41) is 32.8. The fourth-order valence-corrected chi connectivity index (χ4v) is 5.20. The van der Waals surface area contributed by atoms with Gasteiger partial charge in [-0.25, -0.2) is 4.39 Å². The molecule has 1 amide bonds. The van der Waals surface area contributed by atoms with Crippen molar-refractivity contribution in [1.82, 2.24) is 4.57 Å². The summed E-state index contributed by atoms with van der Waals surface area (Å²) in [6.07, 6.45) is -2.51. The van der Waals surface area contributed by atoms with E-state index >= 15 is 0 Å². The van der Waals surface area contributed by atoms with Crippen molar-refractivity contribution >= 4 is 55.3 Å². The van der Waals surface area contributed by atoms with E-state index in [2.05, 4.69) is 5.32 Å². The van der Waals surface area contributed by atoms with Gasteiger partial charge in [0.25, 0.3) is 5.91 Å². The van der Waals surface area contributed by atoms with Gasteiger partial charge in [-0.15, -0.1) is 0 Å². The molecular formula is C35H47CaFN2O6. The first-order valence-electron chi connectivity index (χ1n) is 13.7. The number of nitrogens with zero attached hydrogens (tertiary/aromatic N) is 1. The normalized spacial score (nSPS) is 11.6. The SMILES string of the molecule is C.C.CC(C)c1c(C(=O)Nc2ccccc2)c(-c2ccccc2)c(-c2ccc(F)cc2)n1CC[C@@H](O)C[C@@H](O)CC(=O)O.O.[Ca+2].[H-].[H-]. The van der Waals surface area contributed by atoms with Gasteiger partial charge in [0.2, 0.25) is 0 Å². The Morgan fingerprint density at radius 2 is 1.42 bits per heavy atom. The fraction of sp³-hybridized carbons (Fsp3) is 0.314. The Morgan fingerprint density at radius 1 is 0.867 bits per heavy atom. The quantitative estimate of drug-likeness (QED) is 0.128. The topological polar surface area (TPSA) is 143 Å². The Labute approximate surface area is 298 Å². The van der Waals surface area contributed by atoms with Crippen LogP contribution in [-0.4, -0.2) is 87.2 Å². The van der Waals surface area contributed by atoms with Crippen molar-refractivity contribution in [1.29, 1.82) is 0 Å². The number of rotatable bonds is 12. The van der Waals surface area contributed by atoms with Crippen LogP contribution in [0.25, 0.3) is 22.4 Å².